The van der Waals surface area contributed by atoms with Crippen molar-refractivity contribution in [2.75, 3.05) is 0 Å². The Morgan fingerprint density at radius 3 is 2.07 bits per heavy atom. The van der Waals surface area contributed by atoms with Gasteiger partial charge in [0.1, 0.15) is 6.04 Å². The first-order chi connectivity index (χ1) is 14.5. The molecule has 2 N–H and O–H groups in total. The van der Waals surface area contributed by atoms with Gasteiger partial charge in [-0.3, -0.25) is 4.79 Å². The fraction of sp³-hybridized carbons (Fsp3) is 0.0833. The Morgan fingerprint density at radius 1 is 0.867 bits per heavy atom. The molecule has 0 heterocycles. The number of rotatable bonds is 5. The number of nitrogens with one attached hydrogen (secondary N) is 1. The number of carboxylic acids is 1. The summed E-state index contributed by atoms with van der Waals surface area (Å²) in [5.74, 6) is -4.73. The molecule has 150 valence electrons. The van der Waals surface area contributed by atoms with Crippen LogP contribution < -0.4 is 5.32 Å². The standard InChI is InChI=1S/C24H17F2NO3/c25-20-11-5-10-18(22(20)26)23(28)27-21(24(29)30)13-19-16-8-3-1-6-14(16)12-15-7-2-4-9-17(15)19/h1-12,21H,13H2,(H,27,28)(H,29,30)/t21-/m1/s1. The second-order valence-corrected chi connectivity index (χ2v) is 6.97. The number of hydrogen-bond donors (Lipinski definition) is 2. The highest BCUT2D eigenvalue weighted by atomic mass is 19.2. The lowest BCUT2D eigenvalue weighted by molar-refractivity contribution is -0.139. The average Bonchev–Trinajstić information content (AvgIpc) is 2.74. The van der Waals surface area contributed by atoms with Crippen LogP contribution in [0.25, 0.3) is 21.5 Å². The van der Waals surface area contributed by atoms with Crippen molar-refractivity contribution in [3.8, 4) is 0 Å². The Kier molecular flexibility index (Phi) is 5.14. The summed E-state index contributed by atoms with van der Waals surface area (Å²) in [6.07, 6.45) is -0.0140. The number of fused-ring (bicyclic) bond motifs is 2. The molecule has 0 aliphatic rings. The van der Waals surface area contributed by atoms with E-state index in [0.29, 0.717) is 0 Å². The van der Waals surface area contributed by atoms with Crippen LogP contribution in [0.2, 0.25) is 0 Å². The number of aliphatic carboxylic acids is 1. The van der Waals surface area contributed by atoms with Gasteiger partial charge in [-0.05, 0) is 45.3 Å². The maximum Gasteiger partial charge on any atom is 0.326 e. The van der Waals surface area contributed by atoms with Gasteiger partial charge in [-0.25, -0.2) is 13.6 Å². The molecule has 0 saturated heterocycles. The lowest BCUT2D eigenvalue weighted by atomic mass is 9.92. The molecule has 6 heteroatoms. The maximum atomic E-state index is 14.0. The van der Waals surface area contributed by atoms with Gasteiger partial charge in [0, 0.05) is 6.42 Å². The van der Waals surface area contributed by atoms with Crippen LogP contribution in [-0.4, -0.2) is 23.0 Å². The molecule has 4 aromatic rings. The molecular weight excluding hydrogens is 388 g/mol. The molecule has 0 fully saturated rings. The predicted octanol–water partition coefficient (Wildman–Crippen LogP) is 4.70. The first kappa shape index (κ1) is 19.5. The van der Waals surface area contributed by atoms with Crippen molar-refractivity contribution in [2.24, 2.45) is 0 Å². The number of carboxylic acid groups (broad SMARTS) is 1. The predicted molar refractivity (Wildman–Crippen MR) is 110 cm³/mol. The van der Waals surface area contributed by atoms with Gasteiger partial charge in [0.25, 0.3) is 5.91 Å². The van der Waals surface area contributed by atoms with E-state index < -0.39 is 35.1 Å². The summed E-state index contributed by atoms with van der Waals surface area (Å²) in [5.41, 5.74) is 0.222. The second kappa shape index (κ2) is 7.91. The molecule has 0 bridgehead atoms. The molecule has 0 aliphatic carbocycles. The third-order valence-electron chi connectivity index (χ3n) is 5.09. The number of halogens is 2. The minimum Gasteiger partial charge on any atom is -0.480 e. The summed E-state index contributed by atoms with van der Waals surface area (Å²) in [5, 5.41) is 15.7. The summed E-state index contributed by atoms with van der Waals surface area (Å²) in [4.78, 5) is 24.4. The number of amides is 1. The van der Waals surface area contributed by atoms with E-state index in [1.54, 1.807) is 0 Å². The Balaban J connectivity index is 1.75. The Morgan fingerprint density at radius 2 is 1.47 bits per heavy atom. The van der Waals surface area contributed by atoms with E-state index >= 15 is 0 Å². The van der Waals surface area contributed by atoms with Gasteiger partial charge in [-0.15, -0.1) is 0 Å². The van der Waals surface area contributed by atoms with Gasteiger partial charge in [0.2, 0.25) is 0 Å². The molecule has 0 unspecified atom stereocenters. The second-order valence-electron chi connectivity index (χ2n) is 6.97. The van der Waals surface area contributed by atoms with Crippen LogP contribution >= 0.6 is 0 Å². The Bertz CT molecular complexity index is 1230. The van der Waals surface area contributed by atoms with Crippen molar-refractivity contribution >= 4 is 33.4 Å². The fourth-order valence-electron chi connectivity index (χ4n) is 3.65. The number of carbonyl (C=O) groups excluding carboxylic acids is 1. The van der Waals surface area contributed by atoms with E-state index in [9.17, 15) is 23.5 Å². The minimum atomic E-state index is -1.32. The van der Waals surface area contributed by atoms with Crippen LogP contribution in [0.1, 0.15) is 15.9 Å². The molecule has 1 amide bonds. The molecule has 4 rings (SSSR count). The van der Waals surface area contributed by atoms with Crippen molar-refractivity contribution < 1.29 is 23.5 Å². The Hall–Kier alpha value is -3.80. The highest BCUT2D eigenvalue weighted by Gasteiger charge is 2.25. The molecule has 0 saturated carbocycles. The van der Waals surface area contributed by atoms with Gasteiger partial charge in [0.05, 0.1) is 5.56 Å². The normalized spacial score (nSPS) is 12.1. The first-order valence-corrected chi connectivity index (χ1v) is 9.33. The quantitative estimate of drug-likeness (QED) is 0.473. The zero-order valence-corrected chi connectivity index (χ0v) is 15.7. The van der Waals surface area contributed by atoms with Crippen LogP contribution in [0.4, 0.5) is 8.78 Å². The van der Waals surface area contributed by atoms with Crippen LogP contribution in [0.5, 0.6) is 0 Å². The smallest absolute Gasteiger partial charge is 0.326 e. The largest absolute Gasteiger partial charge is 0.480 e. The topological polar surface area (TPSA) is 66.4 Å². The molecule has 4 nitrogen and oxygen atoms in total. The van der Waals surface area contributed by atoms with Gasteiger partial charge < -0.3 is 10.4 Å². The fourth-order valence-corrected chi connectivity index (χ4v) is 3.65. The van der Waals surface area contributed by atoms with Crippen molar-refractivity contribution in [3.63, 3.8) is 0 Å². The molecule has 1 atom stereocenters. The van der Waals surface area contributed by atoms with Crippen molar-refractivity contribution in [1.82, 2.24) is 5.32 Å². The third-order valence-corrected chi connectivity index (χ3v) is 5.09. The van der Waals surface area contributed by atoms with Gasteiger partial charge in [-0.1, -0.05) is 54.6 Å². The number of hydrogen-bond acceptors (Lipinski definition) is 2. The number of benzene rings is 4. The molecular formula is C24H17F2NO3. The highest BCUT2D eigenvalue weighted by molar-refractivity contribution is 6.03. The van der Waals surface area contributed by atoms with Gasteiger partial charge in [-0.2, -0.15) is 0 Å². The summed E-state index contributed by atoms with van der Waals surface area (Å²) in [6.45, 7) is 0. The molecule has 0 aliphatic heterocycles. The monoisotopic (exact) mass is 405 g/mol. The summed E-state index contributed by atoms with van der Waals surface area (Å²) in [6, 6.07) is 19.0. The van der Waals surface area contributed by atoms with Crippen LogP contribution in [0.15, 0.2) is 72.8 Å². The summed E-state index contributed by atoms with van der Waals surface area (Å²) >= 11 is 0. The third kappa shape index (κ3) is 3.59. The van der Waals surface area contributed by atoms with Crippen LogP contribution in [-0.2, 0) is 11.2 Å². The average molecular weight is 405 g/mol. The Labute approximate surface area is 170 Å². The van der Waals surface area contributed by atoms with E-state index in [2.05, 4.69) is 5.32 Å². The minimum absolute atomic E-state index is 0.0140. The highest BCUT2D eigenvalue weighted by Crippen LogP contribution is 2.29. The SMILES string of the molecule is O=C(N[C@H](Cc1c2ccccc2cc2ccccc12)C(=O)O)c1cccc(F)c1F. The summed E-state index contributed by atoms with van der Waals surface area (Å²) < 4.78 is 27.4. The molecule has 4 aromatic carbocycles. The zero-order valence-electron chi connectivity index (χ0n) is 15.7. The van der Waals surface area contributed by atoms with Crippen LogP contribution in [0.3, 0.4) is 0 Å². The zero-order chi connectivity index (χ0) is 21.3. The van der Waals surface area contributed by atoms with E-state index in [0.717, 1.165) is 39.2 Å². The van der Waals surface area contributed by atoms with E-state index in [4.69, 9.17) is 0 Å². The van der Waals surface area contributed by atoms with Gasteiger partial charge in [0.15, 0.2) is 11.6 Å². The van der Waals surface area contributed by atoms with Gasteiger partial charge >= 0.3 is 5.97 Å². The first-order valence-electron chi connectivity index (χ1n) is 9.33. The van der Waals surface area contributed by atoms with Crippen LogP contribution in [0, 0.1) is 11.6 Å². The molecule has 0 radical (unpaired) electrons. The van der Waals surface area contributed by atoms with E-state index in [1.165, 1.54) is 6.07 Å². The van der Waals surface area contributed by atoms with Crippen molar-refractivity contribution in [2.45, 2.75) is 12.5 Å². The summed E-state index contributed by atoms with van der Waals surface area (Å²) in [7, 11) is 0. The van der Waals surface area contributed by atoms with E-state index in [-0.39, 0.29) is 6.42 Å². The number of carbonyl (C=O) groups is 2. The maximum absolute atomic E-state index is 14.0. The lowest BCUT2D eigenvalue weighted by Gasteiger charge is -2.18. The molecule has 0 spiro atoms. The molecule has 0 aromatic heterocycles. The van der Waals surface area contributed by atoms with Crippen molar-refractivity contribution in [1.29, 1.82) is 0 Å². The molecule has 30 heavy (non-hydrogen) atoms. The lowest BCUT2D eigenvalue weighted by Crippen LogP contribution is -2.42. The van der Waals surface area contributed by atoms with E-state index in [1.807, 2.05) is 54.6 Å². The van der Waals surface area contributed by atoms with Crippen molar-refractivity contribution in [3.05, 3.63) is 95.6 Å².